The van der Waals surface area contributed by atoms with Crippen LogP contribution in [0.1, 0.15) is 16.7 Å². The number of phenolic OH excluding ortho intramolecular Hbond substituents is 2. The molecule has 0 amide bonds. The van der Waals surface area contributed by atoms with Crippen LogP contribution < -0.4 is 10.1 Å². The van der Waals surface area contributed by atoms with E-state index >= 15 is 0 Å². The van der Waals surface area contributed by atoms with Crippen molar-refractivity contribution in [1.29, 1.82) is 0 Å². The molecular weight excluding hydrogens is 614 g/mol. The van der Waals surface area contributed by atoms with Gasteiger partial charge in [0.05, 0.1) is 12.8 Å². The quantitative estimate of drug-likeness (QED) is 0.118. The van der Waals surface area contributed by atoms with E-state index in [9.17, 15) is 10.2 Å². The molecule has 1 radical (unpaired) electrons. The summed E-state index contributed by atoms with van der Waals surface area (Å²) in [5.74, 6) is 0.223. The number of azo groups is 2. The number of nitrogens with one attached hydrogen (secondary N) is 1. The SMILES string of the molecule is COc1cc(N=Nc2c(C)cc3cc(Nc4ccccc4)ccc3c2O)c(O)cc1N=Nc1ccc2c(C)cc(C)cc2c1.[Cu]. The maximum absolute atomic E-state index is 11.1. The number of benzene rings is 6. The fourth-order valence-corrected chi connectivity index (χ4v) is 5.29. The summed E-state index contributed by atoms with van der Waals surface area (Å²) in [6.07, 6.45) is 0. The zero-order valence-electron chi connectivity index (χ0n) is 25.1. The maximum atomic E-state index is 11.1. The first-order valence-electron chi connectivity index (χ1n) is 14.1. The number of aryl methyl sites for hydroxylation is 3. The van der Waals surface area contributed by atoms with Crippen LogP contribution >= 0.6 is 0 Å². The van der Waals surface area contributed by atoms with E-state index < -0.39 is 0 Å². The van der Waals surface area contributed by atoms with E-state index in [-0.39, 0.29) is 34.3 Å². The van der Waals surface area contributed by atoms with Crippen LogP contribution in [-0.4, -0.2) is 17.3 Å². The summed E-state index contributed by atoms with van der Waals surface area (Å²) in [6.45, 7) is 6.01. The van der Waals surface area contributed by atoms with Gasteiger partial charge in [0.15, 0.2) is 5.75 Å². The van der Waals surface area contributed by atoms with E-state index in [1.165, 1.54) is 30.4 Å². The smallest absolute Gasteiger partial charge is 0.151 e. The number of phenols is 2. The summed E-state index contributed by atoms with van der Waals surface area (Å²) in [7, 11) is 1.51. The third kappa shape index (κ3) is 6.65. The molecule has 0 bridgehead atoms. The van der Waals surface area contributed by atoms with Crippen LogP contribution in [0.4, 0.5) is 34.1 Å². The van der Waals surface area contributed by atoms with Crippen LogP contribution in [0.2, 0.25) is 0 Å². The van der Waals surface area contributed by atoms with Gasteiger partial charge in [-0.3, -0.25) is 0 Å². The summed E-state index contributed by atoms with van der Waals surface area (Å²) < 4.78 is 5.52. The molecule has 0 saturated heterocycles. The Hall–Kier alpha value is -5.24. The van der Waals surface area contributed by atoms with Gasteiger partial charge in [0.2, 0.25) is 0 Å². The van der Waals surface area contributed by atoms with E-state index in [4.69, 9.17) is 4.74 Å². The molecule has 0 aliphatic heterocycles. The molecular formula is C36H31CuN5O3. The van der Waals surface area contributed by atoms with Gasteiger partial charge in [0.25, 0.3) is 0 Å². The van der Waals surface area contributed by atoms with Crippen LogP contribution in [0, 0.1) is 20.8 Å². The first-order valence-corrected chi connectivity index (χ1v) is 14.1. The molecule has 0 saturated carbocycles. The van der Waals surface area contributed by atoms with Gasteiger partial charge in [-0.05, 0) is 96.6 Å². The number of anilines is 2. The molecule has 0 aliphatic rings. The van der Waals surface area contributed by atoms with E-state index in [0.717, 1.165) is 33.1 Å². The van der Waals surface area contributed by atoms with Gasteiger partial charge in [0.1, 0.15) is 28.6 Å². The van der Waals surface area contributed by atoms with Crippen molar-refractivity contribution in [2.45, 2.75) is 20.8 Å². The van der Waals surface area contributed by atoms with Gasteiger partial charge < -0.3 is 20.3 Å². The Kier molecular flexibility index (Phi) is 9.13. The third-order valence-electron chi connectivity index (χ3n) is 7.43. The zero-order valence-corrected chi connectivity index (χ0v) is 26.1. The number of methoxy groups -OCH3 is 1. The molecule has 6 aromatic rings. The second-order valence-electron chi connectivity index (χ2n) is 10.7. The van der Waals surface area contributed by atoms with Crippen LogP contribution in [0.3, 0.4) is 0 Å². The second kappa shape index (κ2) is 13.2. The van der Waals surface area contributed by atoms with Crippen molar-refractivity contribution in [2.24, 2.45) is 20.5 Å². The van der Waals surface area contributed by atoms with Crippen molar-refractivity contribution in [3.05, 3.63) is 114 Å². The van der Waals surface area contributed by atoms with Crippen LogP contribution in [0.25, 0.3) is 21.5 Å². The predicted octanol–water partition coefficient (Wildman–Crippen LogP) is 10.9. The van der Waals surface area contributed by atoms with Crippen LogP contribution in [0.5, 0.6) is 17.2 Å². The molecule has 0 aromatic heterocycles. The molecule has 0 atom stereocenters. The van der Waals surface area contributed by atoms with Crippen LogP contribution in [-0.2, 0) is 17.1 Å². The van der Waals surface area contributed by atoms with E-state index in [0.29, 0.717) is 28.2 Å². The van der Waals surface area contributed by atoms with E-state index in [1.54, 1.807) is 0 Å². The predicted molar refractivity (Wildman–Crippen MR) is 177 cm³/mol. The van der Waals surface area contributed by atoms with Crippen molar-refractivity contribution in [3.8, 4) is 17.2 Å². The molecule has 0 aliphatic carbocycles. The number of fused-ring (bicyclic) bond motifs is 2. The third-order valence-corrected chi connectivity index (χ3v) is 7.43. The molecule has 6 aromatic carbocycles. The maximum Gasteiger partial charge on any atom is 0.151 e. The fraction of sp³-hybridized carbons (Fsp3) is 0.111. The number of aromatic hydroxyl groups is 2. The zero-order chi connectivity index (χ0) is 30.8. The molecule has 8 nitrogen and oxygen atoms in total. The Bertz CT molecular complexity index is 2100. The van der Waals surface area contributed by atoms with Crippen molar-refractivity contribution in [1.82, 2.24) is 0 Å². The topological polar surface area (TPSA) is 111 Å². The van der Waals surface area contributed by atoms with Gasteiger partial charge in [-0.1, -0.05) is 42.0 Å². The normalized spacial score (nSPS) is 11.4. The first-order chi connectivity index (χ1) is 21.3. The monoisotopic (exact) mass is 644 g/mol. The summed E-state index contributed by atoms with van der Waals surface area (Å²) in [5.41, 5.74) is 6.48. The van der Waals surface area contributed by atoms with Crippen molar-refractivity contribution in [2.75, 3.05) is 12.4 Å². The average molecular weight is 645 g/mol. The largest absolute Gasteiger partial charge is 0.506 e. The standard InChI is InChI=1S/C36H31N5O3.Cu/c1-21-14-22(2)29-12-11-28(18-24(29)15-21)38-40-32-19-33(42)31(20-34(32)44-4)39-41-35-23(3)16-25-17-27(10-13-30(25)36(35)43)37-26-8-6-5-7-9-26;/h5-20,37,42-43H,1-4H3;. The number of ether oxygens (including phenoxy) is 1. The Morgan fingerprint density at radius 3 is 2.13 bits per heavy atom. The van der Waals surface area contributed by atoms with Crippen LogP contribution in [0.15, 0.2) is 118 Å². The molecule has 229 valence electrons. The van der Waals surface area contributed by atoms with Gasteiger partial charge in [-0.2, -0.15) is 5.11 Å². The minimum atomic E-state index is -0.150. The Labute approximate surface area is 271 Å². The number of rotatable bonds is 7. The summed E-state index contributed by atoms with van der Waals surface area (Å²) in [6, 6.07) is 30.7. The van der Waals surface area contributed by atoms with E-state index in [1.807, 2.05) is 79.7 Å². The number of nitrogens with zero attached hydrogens (tertiary/aromatic N) is 4. The van der Waals surface area contributed by atoms with Crippen molar-refractivity contribution < 1.29 is 32.0 Å². The average Bonchev–Trinajstić information content (AvgIpc) is 3.00. The Morgan fingerprint density at radius 2 is 1.36 bits per heavy atom. The fourth-order valence-electron chi connectivity index (χ4n) is 5.29. The minimum Gasteiger partial charge on any atom is -0.506 e. The number of hydrogen-bond donors (Lipinski definition) is 3. The van der Waals surface area contributed by atoms with Crippen molar-refractivity contribution in [3.63, 3.8) is 0 Å². The molecule has 3 N–H and O–H groups in total. The second-order valence-corrected chi connectivity index (χ2v) is 10.7. The molecule has 9 heteroatoms. The molecule has 6 rings (SSSR count). The summed E-state index contributed by atoms with van der Waals surface area (Å²) >= 11 is 0. The Morgan fingerprint density at radius 1 is 0.622 bits per heavy atom. The molecule has 0 heterocycles. The number of hydrogen-bond acceptors (Lipinski definition) is 8. The summed E-state index contributed by atoms with van der Waals surface area (Å²) in [5, 5.41) is 46.2. The van der Waals surface area contributed by atoms with Gasteiger partial charge in [-0.25, -0.2) is 0 Å². The minimum absolute atomic E-state index is 0. The molecule has 0 fully saturated rings. The van der Waals surface area contributed by atoms with Gasteiger partial charge in [0, 0.05) is 46.0 Å². The molecule has 0 spiro atoms. The molecule has 0 unspecified atom stereocenters. The van der Waals surface area contributed by atoms with Crippen molar-refractivity contribution >= 4 is 55.7 Å². The first kappa shape index (κ1) is 31.2. The van der Waals surface area contributed by atoms with Gasteiger partial charge >= 0.3 is 0 Å². The van der Waals surface area contributed by atoms with Gasteiger partial charge in [-0.15, -0.1) is 15.3 Å². The number of para-hydroxylation sites is 1. The van der Waals surface area contributed by atoms with E-state index in [2.05, 4.69) is 51.8 Å². The Balaban J connectivity index is 0.00000400. The molecule has 45 heavy (non-hydrogen) atoms. The summed E-state index contributed by atoms with van der Waals surface area (Å²) in [4.78, 5) is 0.